The molecule has 2 N–H and O–H groups in total. The second kappa shape index (κ2) is 9.76. The van der Waals surface area contributed by atoms with Gasteiger partial charge in [0, 0.05) is 50.2 Å². The number of urea groups is 1. The molecule has 7 nitrogen and oxygen atoms in total. The fourth-order valence-electron chi connectivity index (χ4n) is 4.08. The average Bonchev–Trinajstić information content (AvgIpc) is 3.23. The van der Waals surface area contributed by atoms with Gasteiger partial charge in [0.1, 0.15) is 0 Å². The molecule has 1 aliphatic carbocycles. The first-order valence-electron chi connectivity index (χ1n) is 10.6. The molecule has 1 saturated heterocycles. The van der Waals surface area contributed by atoms with Crippen molar-refractivity contribution in [2.75, 3.05) is 31.5 Å². The predicted octanol–water partition coefficient (Wildman–Crippen LogP) is 2.76. The van der Waals surface area contributed by atoms with Gasteiger partial charge in [-0.25, -0.2) is 4.79 Å². The summed E-state index contributed by atoms with van der Waals surface area (Å²) in [5.74, 6) is 0.228. The van der Waals surface area contributed by atoms with Crippen molar-refractivity contribution in [3.05, 3.63) is 29.8 Å². The molecule has 0 spiro atoms. The Morgan fingerprint density at radius 1 is 1.07 bits per heavy atom. The van der Waals surface area contributed by atoms with E-state index >= 15 is 0 Å². The van der Waals surface area contributed by atoms with Crippen LogP contribution in [0.3, 0.4) is 0 Å². The van der Waals surface area contributed by atoms with Crippen LogP contribution in [0.2, 0.25) is 0 Å². The SMILES string of the molecule is Cc1cccc(NC(=O)N2CCN(C(=O)CC(C)NC(=O)C3CCCC3)CC2)c1. The number of hydrogen-bond donors (Lipinski definition) is 2. The maximum absolute atomic E-state index is 12.6. The number of benzene rings is 1. The van der Waals surface area contributed by atoms with Gasteiger partial charge in [0.05, 0.1) is 0 Å². The molecular formula is C22H32N4O3. The summed E-state index contributed by atoms with van der Waals surface area (Å²) < 4.78 is 0. The van der Waals surface area contributed by atoms with Gasteiger partial charge >= 0.3 is 6.03 Å². The number of aryl methyl sites for hydroxylation is 1. The van der Waals surface area contributed by atoms with Gasteiger partial charge in [-0.15, -0.1) is 0 Å². The molecule has 1 saturated carbocycles. The van der Waals surface area contributed by atoms with Crippen molar-refractivity contribution in [2.45, 2.75) is 52.0 Å². The number of piperazine rings is 1. The normalized spacial score (nSPS) is 18.4. The van der Waals surface area contributed by atoms with E-state index in [4.69, 9.17) is 0 Å². The Kier molecular flexibility index (Phi) is 7.12. The van der Waals surface area contributed by atoms with Gasteiger partial charge < -0.3 is 20.4 Å². The Morgan fingerprint density at radius 2 is 1.72 bits per heavy atom. The number of hydrogen-bond acceptors (Lipinski definition) is 3. The van der Waals surface area contributed by atoms with Crippen molar-refractivity contribution in [3.8, 4) is 0 Å². The average molecular weight is 401 g/mol. The molecule has 3 rings (SSSR count). The summed E-state index contributed by atoms with van der Waals surface area (Å²) in [6, 6.07) is 7.38. The molecule has 0 radical (unpaired) electrons. The molecule has 2 aliphatic rings. The number of amides is 4. The molecule has 29 heavy (non-hydrogen) atoms. The van der Waals surface area contributed by atoms with Crippen molar-refractivity contribution < 1.29 is 14.4 Å². The number of nitrogens with zero attached hydrogens (tertiary/aromatic N) is 2. The van der Waals surface area contributed by atoms with Crippen LogP contribution in [-0.2, 0) is 9.59 Å². The monoisotopic (exact) mass is 400 g/mol. The minimum Gasteiger partial charge on any atom is -0.353 e. The molecule has 1 heterocycles. The van der Waals surface area contributed by atoms with Gasteiger partial charge in [-0.05, 0) is 44.4 Å². The second-order valence-electron chi connectivity index (χ2n) is 8.26. The maximum Gasteiger partial charge on any atom is 0.321 e. The van der Waals surface area contributed by atoms with E-state index in [0.717, 1.165) is 36.9 Å². The van der Waals surface area contributed by atoms with Gasteiger partial charge in [0.25, 0.3) is 0 Å². The summed E-state index contributed by atoms with van der Waals surface area (Å²) in [5, 5.41) is 5.90. The first kappa shape index (κ1) is 21.1. The Bertz CT molecular complexity index is 737. The summed E-state index contributed by atoms with van der Waals surface area (Å²) in [7, 11) is 0. The highest BCUT2D eigenvalue weighted by atomic mass is 16.2. The Labute approximate surface area is 172 Å². The van der Waals surface area contributed by atoms with Gasteiger partial charge in [0.15, 0.2) is 0 Å². The molecule has 158 valence electrons. The lowest BCUT2D eigenvalue weighted by Gasteiger charge is -2.35. The molecule has 1 aliphatic heterocycles. The van der Waals surface area contributed by atoms with Gasteiger partial charge in [-0.2, -0.15) is 0 Å². The van der Waals surface area contributed by atoms with Gasteiger partial charge in [-0.3, -0.25) is 9.59 Å². The summed E-state index contributed by atoms with van der Waals surface area (Å²) in [6.45, 7) is 5.92. The molecule has 1 unspecified atom stereocenters. The zero-order chi connectivity index (χ0) is 20.8. The minimum absolute atomic E-state index is 0.0305. The third-order valence-electron chi connectivity index (χ3n) is 5.78. The fraction of sp³-hybridized carbons (Fsp3) is 0.591. The lowest BCUT2D eigenvalue weighted by atomic mass is 10.1. The number of nitrogens with one attached hydrogen (secondary N) is 2. The number of carbonyl (C=O) groups is 3. The van der Waals surface area contributed by atoms with E-state index in [1.807, 2.05) is 38.1 Å². The fourth-order valence-corrected chi connectivity index (χ4v) is 4.08. The molecule has 7 heteroatoms. The molecule has 1 aromatic rings. The summed E-state index contributed by atoms with van der Waals surface area (Å²) in [6.07, 6.45) is 4.45. The van der Waals surface area contributed by atoms with Crippen LogP contribution in [0.4, 0.5) is 10.5 Å². The predicted molar refractivity (Wildman–Crippen MR) is 113 cm³/mol. The van der Waals surface area contributed by atoms with Crippen molar-refractivity contribution >= 4 is 23.5 Å². The highest BCUT2D eigenvalue weighted by Gasteiger charge is 2.27. The lowest BCUT2D eigenvalue weighted by molar-refractivity contribution is -0.133. The van der Waals surface area contributed by atoms with Crippen LogP contribution in [0.5, 0.6) is 0 Å². The van der Waals surface area contributed by atoms with Gasteiger partial charge in [-0.1, -0.05) is 25.0 Å². The van der Waals surface area contributed by atoms with Crippen LogP contribution in [-0.4, -0.2) is 59.9 Å². The molecule has 2 fully saturated rings. The van der Waals surface area contributed by atoms with Crippen molar-refractivity contribution in [2.24, 2.45) is 5.92 Å². The van der Waals surface area contributed by atoms with Crippen molar-refractivity contribution in [3.63, 3.8) is 0 Å². The standard InChI is InChI=1S/C22H32N4O3/c1-16-6-5-9-19(14-16)24-22(29)26-12-10-25(11-13-26)20(27)15-17(2)23-21(28)18-7-3-4-8-18/h5-6,9,14,17-18H,3-4,7-8,10-13,15H2,1-2H3,(H,23,28)(H,24,29). The number of rotatable bonds is 5. The third kappa shape index (κ3) is 5.95. The van der Waals surface area contributed by atoms with Crippen molar-refractivity contribution in [1.29, 1.82) is 0 Å². The third-order valence-corrected chi connectivity index (χ3v) is 5.78. The summed E-state index contributed by atoms with van der Waals surface area (Å²) >= 11 is 0. The molecule has 4 amide bonds. The van der Waals surface area contributed by atoms with E-state index in [1.165, 1.54) is 0 Å². The Morgan fingerprint density at radius 3 is 2.38 bits per heavy atom. The largest absolute Gasteiger partial charge is 0.353 e. The van der Waals surface area contributed by atoms with Crippen molar-refractivity contribution in [1.82, 2.24) is 15.1 Å². The topological polar surface area (TPSA) is 81.8 Å². The van der Waals surface area contributed by atoms with E-state index in [-0.39, 0.29) is 29.8 Å². The molecule has 1 atom stereocenters. The first-order valence-corrected chi connectivity index (χ1v) is 10.6. The minimum atomic E-state index is -0.168. The summed E-state index contributed by atoms with van der Waals surface area (Å²) in [5.41, 5.74) is 1.87. The smallest absolute Gasteiger partial charge is 0.321 e. The Hall–Kier alpha value is -2.57. The zero-order valence-corrected chi connectivity index (χ0v) is 17.4. The van der Waals surface area contributed by atoms with E-state index in [9.17, 15) is 14.4 Å². The first-order chi connectivity index (χ1) is 13.9. The maximum atomic E-state index is 12.6. The van der Waals surface area contributed by atoms with Gasteiger partial charge in [0.2, 0.25) is 11.8 Å². The quantitative estimate of drug-likeness (QED) is 0.797. The highest BCUT2D eigenvalue weighted by molar-refractivity contribution is 5.89. The molecule has 1 aromatic carbocycles. The van der Waals surface area contributed by atoms with Crippen LogP contribution < -0.4 is 10.6 Å². The van der Waals surface area contributed by atoms with E-state index in [2.05, 4.69) is 10.6 Å². The van der Waals surface area contributed by atoms with Crippen LogP contribution in [0.1, 0.15) is 44.6 Å². The molecular weight excluding hydrogens is 368 g/mol. The summed E-state index contributed by atoms with van der Waals surface area (Å²) in [4.78, 5) is 40.8. The Balaban J connectivity index is 1.40. The van der Waals surface area contributed by atoms with Crippen LogP contribution in [0.15, 0.2) is 24.3 Å². The van der Waals surface area contributed by atoms with E-state index < -0.39 is 0 Å². The second-order valence-corrected chi connectivity index (χ2v) is 8.26. The van der Waals surface area contributed by atoms with Crippen LogP contribution >= 0.6 is 0 Å². The number of carbonyl (C=O) groups excluding carboxylic acids is 3. The molecule has 0 bridgehead atoms. The van der Waals surface area contributed by atoms with Crippen LogP contribution in [0.25, 0.3) is 0 Å². The highest BCUT2D eigenvalue weighted by Crippen LogP contribution is 2.24. The van der Waals surface area contributed by atoms with E-state index in [0.29, 0.717) is 32.6 Å². The van der Waals surface area contributed by atoms with Crippen LogP contribution in [0, 0.1) is 12.8 Å². The van der Waals surface area contributed by atoms with E-state index in [1.54, 1.807) is 9.80 Å². The number of anilines is 1. The lowest BCUT2D eigenvalue weighted by Crippen LogP contribution is -2.52. The molecule has 0 aromatic heterocycles. The zero-order valence-electron chi connectivity index (χ0n) is 17.4.